The van der Waals surface area contributed by atoms with Gasteiger partial charge in [0.05, 0.1) is 29.6 Å². The lowest BCUT2D eigenvalue weighted by molar-refractivity contribution is 0.0939. The SMILES string of the molecule is C[C@H](NC(=O)c1ccc(-n2cccn2)nc1)c1cccc(-c2nc3c(ncc4ncn(C)c43)s2)c1. The molecule has 1 N–H and O–H groups in total. The number of imidazole rings is 1. The van der Waals surface area contributed by atoms with E-state index in [1.165, 1.54) is 0 Å². The lowest BCUT2D eigenvalue weighted by atomic mass is 10.0. The van der Waals surface area contributed by atoms with Crippen LogP contribution in [0.25, 0.3) is 37.8 Å². The molecule has 0 aliphatic heterocycles. The van der Waals surface area contributed by atoms with E-state index in [2.05, 4.69) is 31.4 Å². The maximum atomic E-state index is 12.8. The molecular formula is C25H20N8OS. The minimum absolute atomic E-state index is 0.190. The van der Waals surface area contributed by atoms with Crippen LogP contribution in [0.15, 0.2) is 73.6 Å². The fourth-order valence-electron chi connectivity index (χ4n) is 3.99. The molecule has 0 unspecified atom stereocenters. The van der Waals surface area contributed by atoms with E-state index in [0.29, 0.717) is 11.4 Å². The summed E-state index contributed by atoms with van der Waals surface area (Å²) in [6.07, 6.45) is 8.60. The summed E-state index contributed by atoms with van der Waals surface area (Å²) in [6, 6.07) is 13.2. The van der Waals surface area contributed by atoms with Crippen molar-refractivity contribution in [3.8, 4) is 16.4 Å². The van der Waals surface area contributed by atoms with Gasteiger partial charge < -0.3 is 9.88 Å². The summed E-state index contributed by atoms with van der Waals surface area (Å²) in [4.78, 5) is 31.8. The van der Waals surface area contributed by atoms with Gasteiger partial charge in [-0.2, -0.15) is 5.10 Å². The Hall–Kier alpha value is -4.44. The minimum Gasteiger partial charge on any atom is -0.345 e. The molecule has 10 heteroatoms. The zero-order valence-electron chi connectivity index (χ0n) is 19.0. The molecule has 0 aliphatic rings. The maximum absolute atomic E-state index is 12.8. The molecule has 9 nitrogen and oxygen atoms in total. The molecule has 6 rings (SSSR count). The Bertz CT molecular complexity index is 1670. The molecule has 35 heavy (non-hydrogen) atoms. The number of amides is 1. The summed E-state index contributed by atoms with van der Waals surface area (Å²) < 4.78 is 3.61. The van der Waals surface area contributed by atoms with Gasteiger partial charge >= 0.3 is 0 Å². The van der Waals surface area contributed by atoms with Crippen LogP contribution < -0.4 is 5.32 Å². The van der Waals surface area contributed by atoms with E-state index in [1.807, 2.05) is 42.8 Å². The van der Waals surface area contributed by atoms with Crippen LogP contribution in [0, 0.1) is 0 Å². The molecular weight excluding hydrogens is 460 g/mol. The maximum Gasteiger partial charge on any atom is 0.253 e. The van der Waals surface area contributed by atoms with Gasteiger partial charge in [-0.25, -0.2) is 24.6 Å². The summed E-state index contributed by atoms with van der Waals surface area (Å²) in [5.74, 6) is 0.464. The van der Waals surface area contributed by atoms with Crippen LogP contribution in [0.3, 0.4) is 0 Å². The first-order chi connectivity index (χ1) is 17.1. The second-order valence-electron chi connectivity index (χ2n) is 8.20. The molecule has 5 heterocycles. The number of aryl methyl sites for hydroxylation is 1. The second kappa shape index (κ2) is 8.41. The average Bonchev–Trinajstić information content (AvgIpc) is 3.64. The van der Waals surface area contributed by atoms with Crippen molar-refractivity contribution < 1.29 is 4.79 Å². The van der Waals surface area contributed by atoms with E-state index in [1.54, 1.807) is 59.3 Å². The molecule has 0 radical (unpaired) electrons. The third-order valence-corrected chi connectivity index (χ3v) is 6.85. The first kappa shape index (κ1) is 21.1. The predicted octanol–water partition coefficient (Wildman–Crippen LogP) is 4.32. The van der Waals surface area contributed by atoms with Crippen molar-refractivity contribution in [2.75, 3.05) is 0 Å². The van der Waals surface area contributed by atoms with Crippen molar-refractivity contribution in [1.82, 2.24) is 39.6 Å². The van der Waals surface area contributed by atoms with Gasteiger partial charge in [-0.3, -0.25) is 4.79 Å². The molecule has 0 aliphatic carbocycles. The van der Waals surface area contributed by atoms with Gasteiger partial charge in [0.1, 0.15) is 20.9 Å². The highest BCUT2D eigenvalue weighted by Gasteiger charge is 2.16. The van der Waals surface area contributed by atoms with Crippen molar-refractivity contribution in [2.45, 2.75) is 13.0 Å². The number of hydrogen-bond acceptors (Lipinski definition) is 7. The van der Waals surface area contributed by atoms with E-state index in [9.17, 15) is 4.79 Å². The Morgan fingerprint density at radius 2 is 2.00 bits per heavy atom. The van der Waals surface area contributed by atoms with E-state index in [0.717, 1.165) is 37.5 Å². The van der Waals surface area contributed by atoms with Gasteiger partial charge in [-0.15, -0.1) is 0 Å². The Labute approximate surface area is 204 Å². The molecule has 0 fully saturated rings. The number of hydrogen-bond donors (Lipinski definition) is 1. The molecule has 5 aromatic heterocycles. The molecule has 172 valence electrons. The zero-order valence-corrected chi connectivity index (χ0v) is 19.8. The highest BCUT2D eigenvalue weighted by Crippen LogP contribution is 2.33. The van der Waals surface area contributed by atoms with Crippen molar-refractivity contribution >= 4 is 38.6 Å². The molecule has 0 saturated heterocycles. The molecule has 1 aromatic carbocycles. The van der Waals surface area contributed by atoms with Gasteiger partial charge in [0.25, 0.3) is 5.91 Å². The standard InChI is InChI=1S/C25H20N8OS/c1-15(30-23(34)18-7-8-20(26-12-18)33-10-4-9-29-33)16-5-3-6-17(11-16)24-31-21-22-19(28-14-32(22)2)13-27-25(21)35-24/h3-15H,1-2H3,(H,30,34)/t15-/m0/s1. The minimum atomic E-state index is -0.204. The van der Waals surface area contributed by atoms with Gasteiger partial charge in [0, 0.05) is 31.2 Å². The number of benzene rings is 1. The topological polar surface area (TPSA) is 103 Å². The van der Waals surface area contributed by atoms with Crippen LogP contribution in [0.4, 0.5) is 0 Å². The van der Waals surface area contributed by atoms with Crippen LogP contribution >= 0.6 is 11.3 Å². The number of nitrogens with one attached hydrogen (secondary N) is 1. The van der Waals surface area contributed by atoms with E-state index in [4.69, 9.17) is 4.98 Å². The molecule has 1 atom stereocenters. The molecule has 0 saturated carbocycles. The number of carbonyl (C=O) groups is 1. The molecule has 0 bridgehead atoms. The van der Waals surface area contributed by atoms with Crippen LogP contribution in [0.5, 0.6) is 0 Å². The van der Waals surface area contributed by atoms with Crippen molar-refractivity contribution in [2.24, 2.45) is 7.05 Å². The van der Waals surface area contributed by atoms with Gasteiger partial charge in [-0.1, -0.05) is 29.5 Å². The van der Waals surface area contributed by atoms with Gasteiger partial charge in [0.2, 0.25) is 0 Å². The fourth-order valence-corrected chi connectivity index (χ4v) is 4.90. The van der Waals surface area contributed by atoms with Crippen LogP contribution in [0.2, 0.25) is 0 Å². The van der Waals surface area contributed by atoms with Crippen molar-refractivity contribution in [3.05, 3.63) is 84.7 Å². The van der Waals surface area contributed by atoms with E-state index < -0.39 is 0 Å². The lowest BCUT2D eigenvalue weighted by Gasteiger charge is -2.15. The number of rotatable bonds is 5. The quantitative estimate of drug-likeness (QED) is 0.394. The third kappa shape index (κ3) is 3.83. The normalized spacial score (nSPS) is 12.3. The smallest absolute Gasteiger partial charge is 0.253 e. The summed E-state index contributed by atoms with van der Waals surface area (Å²) in [5.41, 5.74) is 5.10. The Morgan fingerprint density at radius 3 is 2.80 bits per heavy atom. The Morgan fingerprint density at radius 1 is 1.09 bits per heavy atom. The molecule has 1 amide bonds. The largest absolute Gasteiger partial charge is 0.345 e. The lowest BCUT2D eigenvalue weighted by Crippen LogP contribution is -2.26. The van der Waals surface area contributed by atoms with Crippen molar-refractivity contribution in [3.63, 3.8) is 0 Å². The fraction of sp³-hybridized carbons (Fsp3) is 0.120. The molecule has 6 aromatic rings. The Balaban J connectivity index is 1.24. The van der Waals surface area contributed by atoms with Crippen molar-refractivity contribution in [1.29, 1.82) is 0 Å². The van der Waals surface area contributed by atoms with Gasteiger partial charge in [0.15, 0.2) is 5.82 Å². The predicted molar refractivity (Wildman–Crippen MR) is 134 cm³/mol. The van der Waals surface area contributed by atoms with E-state index >= 15 is 0 Å². The number of thiazole rings is 1. The first-order valence-electron chi connectivity index (χ1n) is 11.0. The summed E-state index contributed by atoms with van der Waals surface area (Å²) in [6.45, 7) is 1.96. The summed E-state index contributed by atoms with van der Waals surface area (Å²) >= 11 is 1.54. The van der Waals surface area contributed by atoms with Crippen LogP contribution in [-0.4, -0.2) is 40.2 Å². The third-order valence-electron chi connectivity index (χ3n) is 5.83. The van der Waals surface area contributed by atoms with Crippen LogP contribution in [0.1, 0.15) is 28.9 Å². The molecule has 0 spiro atoms. The first-order valence-corrected chi connectivity index (χ1v) is 11.8. The highest BCUT2D eigenvalue weighted by molar-refractivity contribution is 7.21. The van der Waals surface area contributed by atoms with Gasteiger partial charge in [-0.05, 0) is 36.8 Å². The van der Waals surface area contributed by atoms with Crippen LogP contribution in [-0.2, 0) is 7.05 Å². The van der Waals surface area contributed by atoms with E-state index in [-0.39, 0.29) is 11.9 Å². The Kier molecular flexibility index (Phi) is 5.07. The summed E-state index contributed by atoms with van der Waals surface area (Å²) in [7, 11) is 1.96. The summed E-state index contributed by atoms with van der Waals surface area (Å²) in [5, 5.41) is 8.09. The average molecular weight is 481 g/mol. The monoisotopic (exact) mass is 480 g/mol. The number of pyridine rings is 2. The second-order valence-corrected chi connectivity index (χ2v) is 9.17. The zero-order chi connectivity index (χ0) is 23.9. The number of carbonyl (C=O) groups excluding carboxylic acids is 1. The number of aromatic nitrogens is 7. The number of fused-ring (bicyclic) bond motifs is 3. The number of nitrogens with zero attached hydrogens (tertiary/aromatic N) is 7. The highest BCUT2D eigenvalue weighted by atomic mass is 32.1.